The molecule has 2 rings (SSSR count). The molecule has 1 fully saturated rings. The molecule has 0 aliphatic carbocycles. The third-order valence-electron chi connectivity index (χ3n) is 3.48. The first-order valence-electron chi connectivity index (χ1n) is 6.86. The Bertz CT molecular complexity index is 471. The highest BCUT2D eigenvalue weighted by Gasteiger charge is 2.43. The van der Waals surface area contributed by atoms with Crippen LogP contribution < -0.4 is 0 Å². The van der Waals surface area contributed by atoms with E-state index in [-0.39, 0.29) is 18.1 Å². The Balaban J connectivity index is 1.90. The maximum Gasteiger partial charge on any atom is 0.186 e. The monoisotopic (exact) mass is 316 g/mol. The van der Waals surface area contributed by atoms with Crippen LogP contribution in [0.25, 0.3) is 0 Å². The van der Waals surface area contributed by atoms with Gasteiger partial charge in [-0.15, -0.1) is 0 Å². The number of phenolic OH excluding ortho intramolecular Hbond substituents is 2. The van der Waals surface area contributed by atoms with E-state index in [1.807, 2.05) is 0 Å². The van der Waals surface area contributed by atoms with E-state index >= 15 is 0 Å². The average molecular weight is 316 g/mol. The first-order valence-corrected chi connectivity index (χ1v) is 6.86. The smallest absolute Gasteiger partial charge is 0.186 e. The second-order valence-corrected chi connectivity index (χ2v) is 5.18. The lowest BCUT2D eigenvalue weighted by atomic mass is 9.99. The molecular weight excluding hydrogens is 296 g/mol. The third kappa shape index (κ3) is 3.86. The summed E-state index contributed by atoms with van der Waals surface area (Å²) in [6, 6.07) is 4.11. The zero-order chi connectivity index (χ0) is 16.3. The van der Waals surface area contributed by atoms with E-state index in [1.54, 1.807) is 0 Å². The lowest BCUT2D eigenvalue weighted by molar-refractivity contribution is -0.300. The minimum Gasteiger partial charge on any atom is -0.508 e. The largest absolute Gasteiger partial charge is 0.508 e. The highest BCUT2D eigenvalue weighted by molar-refractivity contribution is 5.36. The van der Waals surface area contributed by atoms with Gasteiger partial charge in [0.05, 0.1) is 13.2 Å². The van der Waals surface area contributed by atoms with Crippen LogP contribution in [-0.4, -0.2) is 74.6 Å². The Kier molecular flexibility index (Phi) is 5.57. The van der Waals surface area contributed by atoms with Gasteiger partial charge >= 0.3 is 0 Å². The fraction of sp³-hybridized carbons (Fsp3) is 0.571. The minimum atomic E-state index is -1.49. The Morgan fingerprint density at radius 3 is 2.18 bits per heavy atom. The van der Waals surface area contributed by atoms with E-state index in [9.17, 15) is 25.5 Å². The number of benzene rings is 1. The van der Waals surface area contributed by atoms with Crippen molar-refractivity contribution in [2.75, 3.05) is 13.2 Å². The SMILES string of the molecule is OCC1OC(OCCc2cc(O)cc(O)c2)C(O)C(O)C1O. The van der Waals surface area contributed by atoms with E-state index in [4.69, 9.17) is 14.6 Å². The Labute approximate surface area is 126 Å². The Morgan fingerprint density at radius 1 is 0.955 bits per heavy atom. The van der Waals surface area contributed by atoms with Crippen LogP contribution in [0.2, 0.25) is 0 Å². The fourth-order valence-corrected chi connectivity index (χ4v) is 2.30. The molecule has 124 valence electrons. The molecule has 5 unspecified atom stereocenters. The molecule has 0 saturated carbocycles. The van der Waals surface area contributed by atoms with E-state index in [1.165, 1.54) is 18.2 Å². The summed E-state index contributed by atoms with van der Waals surface area (Å²) in [5, 5.41) is 56.8. The fourth-order valence-electron chi connectivity index (χ4n) is 2.30. The molecule has 22 heavy (non-hydrogen) atoms. The lowest BCUT2D eigenvalue weighted by Crippen LogP contribution is -2.59. The average Bonchev–Trinajstić information content (AvgIpc) is 2.46. The molecule has 1 aliphatic rings. The van der Waals surface area contributed by atoms with Crippen molar-refractivity contribution in [2.24, 2.45) is 0 Å². The summed E-state index contributed by atoms with van der Waals surface area (Å²) in [6.45, 7) is -0.448. The second-order valence-electron chi connectivity index (χ2n) is 5.18. The Hall–Kier alpha value is -1.42. The molecule has 1 heterocycles. The van der Waals surface area contributed by atoms with Crippen LogP contribution in [0.3, 0.4) is 0 Å². The molecule has 5 atom stereocenters. The van der Waals surface area contributed by atoms with Crippen LogP contribution in [0.15, 0.2) is 18.2 Å². The van der Waals surface area contributed by atoms with Crippen LogP contribution >= 0.6 is 0 Å². The van der Waals surface area contributed by atoms with Gasteiger partial charge in [0, 0.05) is 6.07 Å². The molecule has 1 aromatic rings. The van der Waals surface area contributed by atoms with Crippen LogP contribution in [0.1, 0.15) is 5.56 Å². The van der Waals surface area contributed by atoms with Crippen LogP contribution in [0.5, 0.6) is 11.5 Å². The first-order chi connectivity index (χ1) is 10.4. The number of rotatable bonds is 5. The van der Waals surface area contributed by atoms with Crippen LogP contribution in [0.4, 0.5) is 0 Å². The van der Waals surface area contributed by atoms with Gasteiger partial charge in [-0.2, -0.15) is 0 Å². The first kappa shape index (κ1) is 16.9. The summed E-state index contributed by atoms with van der Waals surface area (Å²) in [5.41, 5.74) is 0.613. The van der Waals surface area contributed by atoms with Crippen molar-refractivity contribution < 1.29 is 40.1 Å². The molecule has 8 heteroatoms. The number of ether oxygens (including phenoxy) is 2. The number of aromatic hydroxyl groups is 2. The number of hydrogen-bond donors (Lipinski definition) is 6. The maximum absolute atomic E-state index is 9.78. The summed E-state index contributed by atoms with van der Waals surface area (Å²) in [7, 11) is 0. The van der Waals surface area contributed by atoms with E-state index in [2.05, 4.69) is 0 Å². The molecule has 0 bridgehead atoms. The quantitative estimate of drug-likeness (QED) is 0.384. The van der Waals surface area contributed by atoms with Gasteiger partial charge in [-0.05, 0) is 24.1 Å². The Morgan fingerprint density at radius 2 is 1.59 bits per heavy atom. The summed E-state index contributed by atoms with van der Waals surface area (Å²) < 4.78 is 10.5. The molecular formula is C14H20O8. The maximum atomic E-state index is 9.78. The van der Waals surface area contributed by atoms with Gasteiger partial charge in [0.15, 0.2) is 6.29 Å². The molecule has 0 aromatic heterocycles. The third-order valence-corrected chi connectivity index (χ3v) is 3.48. The van der Waals surface area contributed by atoms with Gasteiger partial charge in [-0.3, -0.25) is 0 Å². The molecule has 1 saturated heterocycles. The van der Waals surface area contributed by atoms with E-state index in [0.717, 1.165) is 0 Å². The van der Waals surface area contributed by atoms with Gasteiger partial charge in [-0.1, -0.05) is 0 Å². The number of aliphatic hydroxyl groups excluding tert-OH is 4. The second kappa shape index (κ2) is 7.23. The zero-order valence-corrected chi connectivity index (χ0v) is 11.7. The molecule has 0 amide bonds. The molecule has 0 spiro atoms. The lowest BCUT2D eigenvalue weighted by Gasteiger charge is -2.39. The van der Waals surface area contributed by atoms with E-state index in [0.29, 0.717) is 12.0 Å². The normalized spacial score (nSPS) is 32.1. The van der Waals surface area contributed by atoms with Crippen LogP contribution in [0, 0.1) is 0 Å². The van der Waals surface area contributed by atoms with Gasteiger partial charge in [0.25, 0.3) is 0 Å². The van der Waals surface area contributed by atoms with Crippen molar-refractivity contribution in [1.29, 1.82) is 0 Å². The number of aliphatic hydroxyl groups is 4. The van der Waals surface area contributed by atoms with Gasteiger partial charge in [-0.25, -0.2) is 0 Å². The zero-order valence-electron chi connectivity index (χ0n) is 11.7. The number of hydrogen-bond acceptors (Lipinski definition) is 8. The highest BCUT2D eigenvalue weighted by Crippen LogP contribution is 2.23. The molecule has 0 radical (unpaired) electrons. The van der Waals surface area contributed by atoms with Crippen molar-refractivity contribution >= 4 is 0 Å². The molecule has 1 aromatic carbocycles. The van der Waals surface area contributed by atoms with Crippen molar-refractivity contribution in [2.45, 2.75) is 37.1 Å². The highest BCUT2D eigenvalue weighted by atomic mass is 16.7. The summed E-state index contributed by atoms with van der Waals surface area (Å²) in [4.78, 5) is 0. The van der Waals surface area contributed by atoms with Gasteiger partial charge in [0.2, 0.25) is 0 Å². The van der Waals surface area contributed by atoms with E-state index < -0.39 is 37.3 Å². The van der Waals surface area contributed by atoms with Crippen molar-refractivity contribution in [3.05, 3.63) is 23.8 Å². The molecule has 6 N–H and O–H groups in total. The summed E-state index contributed by atoms with van der Waals surface area (Å²) in [5.74, 6) is -0.161. The minimum absolute atomic E-state index is 0.0750. The summed E-state index contributed by atoms with van der Waals surface area (Å²) >= 11 is 0. The number of phenols is 2. The van der Waals surface area contributed by atoms with Crippen LogP contribution in [-0.2, 0) is 15.9 Å². The standard InChI is InChI=1S/C14H20O8/c15-6-10-11(18)12(19)13(20)14(22-10)21-2-1-7-3-8(16)5-9(17)4-7/h3-5,10-20H,1-2,6H2. The van der Waals surface area contributed by atoms with Crippen molar-refractivity contribution in [1.82, 2.24) is 0 Å². The summed E-state index contributed by atoms with van der Waals surface area (Å²) in [6.07, 6.45) is -6.26. The van der Waals surface area contributed by atoms with Gasteiger partial charge < -0.3 is 40.1 Å². The molecule has 1 aliphatic heterocycles. The predicted octanol–water partition coefficient (Wildman–Crippen LogP) is -1.54. The van der Waals surface area contributed by atoms with Crippen molar-refractivity contribution in [3.63, 3.8) is 0 Å². The van der Waals surface area contributed by atoms with Gasteiger partial charge in [0.1, 0.15) is 35.9 Å². The molecule has 8 nitrogen and oxygen atoms in total. The topological polar surface area (TPSA) is 140 Å². The van der Waals surface area contributed by atoms with Crippen molar-refractivity contribution in [3.8, 4) is 11.5 Å². The predicted molar refractivity (Wildman–Crippen MR) is 73.2 cm³/mol.